The third-order valence-corrected chi connectivity index (χ3v) is 3.51. The molecule has 0 fully saturated rings. The average molecular weight is 334 g/mol. The highest BCUT2D eigenvalue weighted by Crippen LogP contribution is 2.24. The van der Waals surface area contributed by atoms with Crippen LogP contribution in [0.15, 0.2) is 59.1 Å². The Morgan fingerprint density at radius 3 is 2.72 bits per heavy atom. The van der Waals surface area contributed by atoms with E-state index in [4.69, 9.17) is 19.3 Å². The smallest absolute Gasteiger partial charge is 0.338 e. The Hall–Kier alpha value is -3.59. The molecule has 0 aliphatic heterocycles. The van der Waals surface area contributed by atoms with E-state index in [1.165, 1.54) is 0 Å². The van der Waals surface area contributed by atoms with Gasteiger partial charge in [0.05, 0.1) is 24.3 Å². The fourth-order valence-electron chi connectivity index (χ4n) is 2.20. The van der Waals surface area contributed by atoms with Gasteiger partial charge in [-0.1, -0.05) is 17.3 Å². The lowest BCUT2D eigenvalue weighted by Crippen LogP contribution is -2.05. The highest BCUT2D eigenvalue weighted by Gasteiger charge is 2.11. The number of benzene rings is 2. The Balaban J connectivity index is 1.65. The van der Waals surface area contributed by atoms with Crippen LogP contribution in [-0.2, 0) is 11.3 Å². The molecule has 3 aromatic rings. The van der Waals surface area contributed by atoms with Crippen LogP contribution in [0.4, 0.5) is 0 Å². The molecule has 0 aliphatic rings. The lowest BCUT2D eigenvalue weighted by Gasteiger charge is -2.02. The van der Waals surface area contributed by atoms with Crippen LogP contribution in [0, 0.1) is 11.3 Å². The van der Waals surface area contributed by atoms with Crippen molar-refractivity contribution in [1.82, 2.24) is 5.16 Å². The summed E-state index contributed by atoms with van der Waals surface area (Å²) in [5.41, 5.74) is 2.17. The molecule has 1 aromatic heterocycles. The molecule has 6 heteroatoms. The summed E-state index contributed by atoms with van der Waals surface area (Å²) in [5.74, 6) is 0.779. The predicted octanol–water partition coefficient (Wildman–Crippen LogP) is 3.58. The number of nitrogens with zero attached hydrogens (tertiary/aromatic N) is 2. The SMILES string of the molecule is COc1cccc(-c2cc(COC(=O)c3ccc(C#N)cc3)no2)c1. The summed E-state index contributed by atoms with van der Waals surface area (Å²) in [7, 11) is 1.59. The summed E-state index contributed by atoms with van der Waals surface area (Å²) < 4.78 is 15.7. The maximum atomic E-state index is 12.0. The molecule has 0 unspecified atom stereocenters. The van der Waals surface area contributed by atoms with E-state index in [-0.39, 0.29) is 6.61 Å². The molecule has 0 saturated carbocycles. The van der Waals surface area contributed by atoms with Crippen molar-refractivity contribution in [3.63, 3.8) is 0 Å². The fraction of sp³-hybridized carbons (Fsp3) is 0.105. The van der Waals surface area contributed by atoms with Crippen molar-refractivity contribution < 1.29 is 18.8 Å². The molecule has 3 rings (SSSR count). The molecule has 0 bridgehead atoms. The van der Waals surface area contributed by atoms with E-state index in [1.54, 1.807) is 37.4 Å². The van der Waals surface area contributed by atoms with Crippen molar-refractivity contribution in [2.24, 2.45) is 0 Å². The van der Waals surface area contributed by atoms with Crippen LogP contribution < -0.4 is 4.74 Å². The van der Waals surface area contributed by atoms with Crippen molar-refractivity contribution in [3.05, 3.63) is 71.4 Å². The van der Waals surface area contributed by atoms with E-state index >= 15 is 0 Å². The van der Waals surface area contributed by atoms with Gasteiger partial charge in [0, 0.05) is 11.6 Å². The molecule has 25 heavy (non-hydrogen) atoms. The maximum absolute atomic E-state index is 12.0. The van der Waals surface area contributed by atoms with E-state index in [0.29, 0.717) is 28.3 Å². The number of ether oxygens (including phenoxy) is 2. The summed E-state index contributed by atoms with van der Waals surface area (Å²) >= 11 is 0. The number of aromatic nitrogens is 1. The first-order valence-electron chi connectivity index (χ1n) is 7.47. The highest BCUT2D eigenvalue weighted by molar-refractivity contribution is 5.89. The first kappa shape index (κ1) is 16.3. The Kier molecular flexibility index (Phi) is 4.77. The second-order valence-electron chi connectivity index (χ2n) is 5.18. The van der Waals surface area contributed by atoms with Gasteiger partial charge >= 0.3 is 5.97 Å². The van der Waals surface area contributed by atoms with Crippen LogP contribution in [0.2, 0.25) is 0 Å². The molecular formula is C19H14N2O4. The third kappa shape index (κ3) is 3.85. The number of methoxy groups -OCH3 is 1. The summed E-state index contributed by atoms with van der Waals surface area (Å²) in [6.07, 6.45) is 0. The monoisotopic (exact) mass is 334 g/mol. The maximum Gasteiger partial charge on any atom is 0.338 e. The molecule has 2 aromatic carbocycles. The zero-order chi connectivity index (χ0) is 17.6. The predicted molar refractivity (Wildman–Crippen MR) is 88.8 cm³/mol. The van der Waals surface area contributed by atoms with Gasteiger partial charge < -0.3 is 14.0 Å². The lowest BCUT2D eigenvalue weighted by molar-refractivity contribution is 0.0464. The first-order chi connectivity index (χ1) is 12.2. The van der Waals surface area contributed by atoms with Gasteiger partial charge in [-0.05, 0) is 36.4 Å². The van der Waals surface area contributed by atoms with Gasteiger partial charge in [-0.15, -0.1) is 0 Å². The Morgan fingerprint density at radius 1 is 1.20 bits per heavy atom. The zero-order valence-electron chi connectivity index (χ0n) is 13.4. The average Bonchev–Trinajstić information content (AvgIpc) is 3.15. The molecule has 0 spiro atoms. The molecule has 0 saturated heterocycles. The highest BCUT2D eigenvalue weighted by atomic mass is 16.5. The first-order valence-corrected chi connectivity index (χ1v) is 7.47. The number of hydrogen-bond acceptors (Lipinski definition) is 6. The third-order valence-electron chi connectivity index (χ3n) is 3.51. The molecule has 0 aliphatic carbocycles. The van der Waals surface area contributed by atoms with Gasteiger partial charge in [-0.2, -0.15) is 5.26 Å². The second kappa shape index (κ2) is 7.32. The van der Waals surface area contributed by atoms with Crippen molar-refractivity contribution in [1.29, 1.82) is 5.26 Å². The zero-order valence-corrected chi connectivity index (χ0v) is 13.4. The number of hydrogen-bond donors (Lipinski definition) is 0. The van der Waals surface area contributed by atoms with Crippen LogP contribution in [0.3, 0.4) is 0 Å². The lowest BCUT2D eigenvalue weighted by atomic mass is 10.1. The van der Waals surface area contributed by atoms with Crippen molar-refractivity contribution >= 4 is 5.97 Å². The minimum atomic E-state index is -0.490. The van der Waals surface area contributed by atoms with Crippen molar-refractivity contribution in [2.75, 3.05) is 7.11 Å². The standard InChI is InChI=1S/C19H14N2O4/c1-23-17-4-2-3-15(9-17)18-10-16(21-25-18)12-24-19(22)14-7-5-13(11-20)6-8-14/h2-10H,12H2,1H3. The van der Waals surface area contributed by atoms with Crippen molar-refractivity contribution in [2.45, 2.75) is 6.61 Å². The van der Waals surface area contributed by atoms with Gasteiger partial charge in [0.15, 0.2) is 5.76 Å². The Morgan fingerprint density at radius 2 is 2.00 bits per heavy atom. The van der Waals surface area contributed by atoms with Gasteiger partial charge in [-0.25, -0.2) is 4.79 Å². The normalized spacial score (nSPS) is 10.1. The van der Waals surface area contributed by atoms with Crippen molar-refractivity contribution in [3.8, 4) is 23.1 Å². The summed E-state index contributed by atoms with van der Waals surface area (Å²) in [6.45, 7) is -0.00764. The Bertz CT molecular complexity index is 923. The minimum Gasteiger partial charge on any atom is -0.497 e. The summed E-state index contributed by atoms with van der Waals surface area (Å²) in [4.78, 5) is 12.0. The minimum absolute atomic E-state index is 0.00764. The van der Waals surface area contributed by atoms with Gasteiger partial charge in [0.1, 0.15) is 18.1 Å². The topological polar surface area (TPSA) is 85.4 Å². The van der Waals surface area contributed by atoms with E-state index < -0.39 is 5.97 Å². The Labute approximate surface area is 144 Å². The van der Waals surface area contributed by atoms with Crippen LogP contribution >= 0.6 is 0 Å². The molecule has 0 radical (unpaired) electrons. The van der Waals surface area contributed by atoms with Gasteiger partial charge in [-0.3, -0.25) is 0 Å². The quantitative estimate of drug-likeness (QED) is 0.663. The number of carbonyl (C=O) groups is 1. The van der Waals surface area contributed by atoms with E-state index in [9.17, 15) is 4.79 Å². The number of carbonyl (C=O) groups excluding carboxylic acids is 1. The molecular weight excluding hydrogens is 320 g/mol. The van der Waals surface area contributed by atoms with Gasteiger partial charge in [0.25, 0.3) is 0 Å². The summed E-state index contributed by atoms with van der Waals surface area (Å²) in [5, 5.41) is 12.7. The molecule has 6 nitrogen and oxygen atoms in total. The summed E-state index contributed by atoms with van der Waals surface area (Å²) in [6, 6.07) is 17.3. The number of rotatable bonds is 5. The largest absolute Gasteiger partial charge is 0.497 e. The molecule has 0 atom stereocenters. The molecule has 124 valence electrons. The van der Waals surface area contributed by atoms with Crippen LogP contribution in [0.25, 0.3) is 11.3 Å². The van der Waals surface area contributed by atoms with Crippen LogP contribution in [0.5, 0.6) is 5.75 Å². The molecule has 0 N–H and O–H groups in total. The van der Waals surface area contributed by atoms with E-state index in [1.807, 2.05) is 30.3 Å². The molecule has 0 amide bonds. The number of nitriles is 1. The fourth-order valence-corrected chi connectivity index (χ4v) is 2.20. The van der Waals surface area contributed by atoms with Gasteiger partial charge in [0.2, 0.25) is 0 Å². The molecule has 1 heterocycles. The van der Waals surface area contributed by atoms with Crippen LogP contribution in [0.1, 0.15) is 21.6 Å². The van der Waals surface area contributed by atoms with E-state index in [2.05, 4.69) is 5.16 Å². The van der Waals surface area contributed by atoms with Crippen LogP contribution in [-0.4, -0.2) is 18.2 Å². The second-order valence-corrected chi connectivity index (χ2v) is 5.18. The number of esters is 1. The van der Waals surface area contributed by atoms with E-state index in [0.717, 1.165) is 5.56 Å².